The van der Waals surface area contributed by atoms with Crippen LogP contribution in [0, 0.1) is 0 Å². The van der Waals surface area contributed by atoms with Crippen molar-refractivity contribution in [1.29, 1.82) is 0 Å². The second-order valence-electron chi connectivity index (χ2n) is 14.2. The number of guanidine groups is 4. The molecule has 0 spiro atoms. The Labute approximate surface area is 359 Å². The first-order chi connectivity index (χ1) is 29.4. The Morgan fingerprint density at radius 1 is 0.613 bits per heavy atom. The summed E-state index contributed by atoms with van der Waals surface area (Å²) in [6, 6.07) is -7.34. The molecule has 1 fully saturated rings. The molecule has 62 heavy (non-hydrogen) atoms. The predicted octanol–water partition coefficient (Wildman–Crippen LogP) is -7.97. The number of aliphatic hydroxyl groups excluding tert-OH is 1. The molecular formula is C35H67N19O8. The Morgan fingerprint density at radius 3 is 1.39 bits per heavy atom. The summed E-state index contributed by atoms with van der Waals surface area (Å²) in [4.78, 5) is 110. The van der Waals surface area contributed by atoms with Crippen molar-refractivity contribution < 1.29 is 38.7 Å². The van der Waals surface area contributed by atoms with Crippen molar-refractivity contribution in [2.75, 3.05) is 52.9 Å². The molecule has 0 radical (unpaired) electrons. The Bertz CT molecular complexity index is 1590. The summed E-state index contributed by atoms with van der Waals surface area (Å²) in [6.07, 6.45) is 2.31. The highest BCUT2D eigenvalue weighted by Crippen LogP contribution is 2.18. The third kappa shape index (κ3) is 21.7. The van der Waals surface area contributed by atoms with Crippen molar-refractivity contribution in [2.45, 2.75) is 100 Å². The first kappa shape index (κ1) is 53.5. The van der Waals surface area contributed by atoms with E-state index in [1.54, 1.807) is 7.05 Å². The van der Waals surface area contributed by atoms with Crippen molar-refractivity contribution in [2.24, 2.45) is 65.8 Å². The van der Waals surface area contributed by atoms with Gasteiger partial charge in [-0.3, -0.25) is 48.7 Å². The number of aliphatic hydroxyl groups is 1. The third-order valence-electron chi connectivity index (χ3n) is 9.21. The topological polar surface area (TPSA) is 473 Å². The van der Waals surface area contributed by atoms with Gasteiger partial charge in [0.25, 0.3) is 0 Å². The lowest BCUT2D eigenvalue weighted by Crippen LogP contribution is -2.59. The van der Waals surface area contributed by atoms with Crippen LogP contribution in [0.2, 0.25) is 0 Å². The molecule has 1 saturated heterocycles. The van der Waals surface area contributed by atoms with E-state index in [4.69, 9.17) is 45.9 Å². The molecule has 350 valence electrons. The van der Waals surface area contributed by atoms with Gasteiger partial charge in [0.1, 0.15) is 36.5 Å². The van der Waals surface area contributed by atoms with Gasteiger partial charge in [-0.25, -0.2) is 0 Å². The Hall–Kier alpha value is -6.51. The maximum Gasteiger partial charge on any atom is 0.245 e. The van der Waals surface area contributed by atoms with Gasteiger partial charge in [-0.05, 0) is 71.3 Å². The van der Waals surface area contributed by atoms with Gasteiger partial charge in [-0.2, -0.15) is 0 Å². The van der Waals surface area contributed by atoms with Gasteiger partial charge in [0, 0.05) is 32.7 Å². The van der Waals surface area contributed by atoms with Crippen LogP contribution in [-0.2, 0) is 33.6 Å². The quantitative estimate of drug-likeness (QED) is 0.0138. The molecule has 1 aliphatic rings. The number of nitrogens with zero attached hydrogens (tertiary/aromatic N) is 5. The lowest BCUT2D eigenvalue weighted by atomic mass is 10.0. The second kappa shape index (κ2) is 29.7. The number of aliphatic imine (C=N–C) groups is 4. The number of hydrogen-bond acceptors (Lipinski definition) is 13. The minimum Gasteiger partial charge on any atom is -0.394 e. The molecule has 0 saturated carbocycles. The fourth-order valence-corrected chi connectivity index (χ4v) is 6.16. The number of carbonyl (C=O) groups excluding carboxylic acids is 7. The summed E-state index contributed by atoms with van der Waals surface area (Å²) < 4.78 is 0. The van der Waals surface area contributed by atoms with E-state index in [0.717, 1.165) is 0 Å². The van der Waals surface area contributed by atoms with Crippen LogP contribution in [0.15, 0.2) is 20.0 Å². The fraction of sp³-hybridized carbons (Fsp3) is 0.686. The van der Waals surface area contributed by atoms with Crippen LogP contribution in [0.4, 0.5) is 0 Å². The smallest absolute Gasteiger partial charge is 0.245 e. The number of likely N-dealkylation sites (tertiary alicyclic amines) is 1. The molecule has 23 N–H and O–H groups in total. The van der Waals surface area contributed by atoms with Gasteiger partial charge >= 0.3 is 0 Å². The van der Waals surface area contributed by atoms with E-state index in [1.165, 1.54) is 4.90 Å². The minimum atomic E-state index is -1.55. The molecule has 1 rings (SSSR count). The van der Waals surface area contributed by atoms with Crippen LogP contribution < -0.4 is 77.8 Å². The van der Waals surface area contributed by atoms with Gasteiger partial charge in [-0.15, -0.1) is 0 Å². The van der Waals surface area contributed by atoms with Gasteiger partial charge in [-0.1, -0.05) is 0 Å². The van der Waals surface area contributed by atoms with Gasteiger partial charge in [0.15, 0.2) is 23.8 Å². The largest absolute Gasteiger partial charge is 0.394 e. The van der Waals surface area contributed by atoms with E-state index < -0.39 is 72.4 Å². The van der Waals surface area contributed by atoms with Crippen molar-refractivity contribution >= 4 is 65.6 Å². The van der Waals surface area contributed by atoms with Crippen molar-refractivity contribution in [3.05, 3.63) is 0 Å². The van der Waals surface area contributed by atoms with E-state index in [-0.39, 0.29) is 107 Å². The number of carbonyl (C=O) groups is 7. The normalized spacial score (nSPS) is 15.5. The highest BCUT2D eigenvalue weighted by Gasteiger charge is 2.36. The number of rotatable bonds is 30. The highest BCUT2D eigenvalue weighted by molar-refractivity contribution is 5.97. The summed E-state index contributed by atoms with van der Waals surface area (Å²) in [7, 11) is 1.60. The molecule has 6 atom stereocenters. The summed E-state index contributed by atoms with van der Waals surface area (Å²) in [5, 5.41) is 25.6. The van der Waals surface area contributed by atoms with Crippen molar-refractivity contribution in [3.8, 4) is 0 Å². The van der Waals surface area contributed by atoms with E-state index >= 15 is 0 Å². The third-order valence-corrected chi connectivity index (χ3v) is 9.21. The van der Waals surface area contributed by atoms with Crippen LogP contribution in [0.5, 0.6) is 0 Å². The van der Waals surface area contributed by atoms with Crippen molar-refractivity contribution in [3.63, 3.8) is 0 Å². The van der Waals surface area contributed by atoms with Crippen LogP contribution in [-0.4, -0.2) is 165 Å². The zero-order valence-electron chi connectivity index (χ0n) is 35.2. The lowest BCUT2D eigenvalue weighted by Gasteiger charge is -2.28. The molecule has 0 aromatic rings. The van der Waals surface area contributed by atoms with E-state index in [1.807, 2.05) is 0 Å². The molecule has 0 bridgehead atoms. The van der Waals surface area contributed by atoms with Crippen LogP contribution in [0.25, 0.3) is 0 Å². The maximum absolute atomic E-state index is 14.0. The van der Waals surface area contributed by atoms with Crippen molar-refractivity contribution in [1.82, 2.24) is 36.8 Å². The zero-order valence-corrected chi connectivity index (χ0v) is 35.2. The predicted molar refractivity (Wildman–Crippen MR) is 231 cm³/mol. The molecule has 27 heteroatoms. The van der Waals surface area contributed by atoms with E-state index in [2.05, 4.69) is 51.9 Å². The number of hydrogen-bond donors (Lipinski definition) is 15. The highest BCUT2D eigenvalue weighted by atomic mass is 16.3. The molecule has 6 amide bonds. The molecule has 0 aromatic heterocycles. The standard InChI is InChI=1S/C35H67N19O8/c1-44-17-26(57)54-16-6-11-25(54)31(62)52-23(10-5-15-48-35(42)43)28(59)50-21(8-3-13-46-33(38)39)27(58)51-22(9-4-14-47-34(40)41)29(60)53-24(19-56)30(61)49-20(18-55)7-2-12-45-32(36)37/h18,20-25,44,56H,2-17,19H2,1H3,(H,49,61)(H,50,59)(H,51,58)(H,52,62)(H,53,60)(H4,36,37,45)(H4,38,39,46)(H4,40,41,47)(H4,42,43,48)/t20-,21-,22-,23-,24-,25-/m0/s1. The average Bonchev–Trinajstić information content (AvgIpc) is 3.71. The van der Waals surface area contributed by atoms with Crippen LogP contribution >= 0.6 is 0 Å². The summed E-state index contributed by atoms with van der Waals surface area (Å²) in [5.41, 5.74) is 43.4. The Morgan fingerprint density at radius 2 is 1.00 bits per heavy atom. The first-order valence-electron chi connectivity index (χ1n) is 20.2. The molecule has 27 nitrogen and oxygen atoms in total. The molecular weight excluding hydrogens is 815 g/mol. The first-order valence-corrected chi connectivity index (χ1v) is 20.2. The van der Waals surface area contributed by atoms with Gasteiger partial charge in [0.2, 0.25) is 35.4 Å². The van der Waals surface area contributed by atoms with Gasteiger partial charge in [0.05, 0.1) is 19.2 Å². The number of nitrogens with one attached hydrogen (secondary N) is 6. The number of likely N-dealkylation sites (N-methyl/N-ethyl adjacent to an activating group) is 1. The molecule has 0 unspecified atom stereocenters. The van der Waals surface area contributed by atoms with E-state index in [0.29, 0.717) is 32.1 Å². The maximum atomic E-state index is 14.0. The summed E-state index contributed by atoms with van der Waals surface area (Å²) in [6.45, 7) is -0.118. The fourth-order valence-electron chi connectivity index (χ4n) is 6.16. The Kier molecular flexibility index (Phi) is 25.6. The molecule has 1 heterocycles. The van der Waals surface area contributed by atoms with E-state index in [9.17, 15) is 38.7 Å². The van der Waals surface area contributed by atoms with Crippen LogP contribution in [0.1, 0.15) is 64.2 Å². The summed E-state index contributed by atoms with van der Waals surface area (Å²) in [5.74, 6) is -5.04. The van der Waals surface area contributed by atoms with Gasteiger partial charge < -0.3 is 92.6 Å². The SMILES string of the molecule is CNCC(=O)N1CCC[C@H]1C(=O)N[C@@H](CCCN=C(N)N)C(=O)N[C@@H](CCCN=C(N)N)C(=O)N[C@@H](CCCN=C(N)N)C(=O)N[C@@H](CO)C(=O)N[C@H](C=O)CCCN=C(N)N. The second-order valence-corrected chi connectivity index (χ2v) is 14.2. The number of amides is 6. The molecule has 0 aliphatic carbocycles. The average molecular weight is 882 g/mol. The Balaban J connectivity index is 3.39. The zero-order chi connectivity index (χ0) is 46.6. The van der Waals surface area contributed by atoms with Crippen LogP contribution in [0.3, 0.4) is 0 Å². The summed E-state index contributed by atoms with van der Waals surface area (Å²) >= 11 is 0. The number of aldehydes is 1. The lowest BCUT2D eigenvalue weighted by molar-refractivity contribution is -0.139. The monoisotopic (exact) mass is 882 g/mol. The molecule has 1 aliphatic heterocycles. The molecule has 0 aromatic carbocycles. The minimum absolute atomic E-state index is 0.00737. The number of nitrogens with two attached hydrogens (primary N) is 8.